The third kappa shape index (κ3) is 2.75. The van der Waals surface area contributed by atoms with Gasteiger partial charge >= 0.3 is 6.18 Å². The molecule has 2 aromatic carbocycles. The summed E-state index contributed by atoms with van der Waals surface area (Å²) in [6.45, 7) is 2.39. The van der Waals surface area contributed by atoms with Crippen LogP contribution in [0, 0.1) is 0 Å². The number of nitrogens with one attached hydrogen (secondary N) is 1. The van der Waals surface area contributed by atoms with Crippen LogP contribution in [0.1, 0.15) is 24.5 Å². The summed E-state index contributed by atoms with van der Waals surface area (Å²) in [5.41, 5.74) is -0.273. The molecule has 1 unspecified atom stereocenters. The molecule has 0 bridgehead atoms. The fourth-order valence-corrected chi connectivity index (χ4v) is 4.45. The number of thiophene rings is 1. The van der Waals surface area contributed by atoms with Crippen molar-refractivity contribution in [3.05, 3.63) is 47.5 Å². The van der Waals surface area contributed by atoms with Gasteiger partial charge in [-0.25, -0.2) is 0 Å². The van der Waals surface area contributed by atoms with Crippen LogP contribution in [-0.2, 0) is 16.5 Å². The van der Waals surface area contributed by atoms with Crippen LogP contribution in [0.3, 0.4) is 0 Å². The molecule has 2 heterocycles. The molecular formula is C19H17F3N2OS. The van der Waals surface area contributed by atoms with Crippen LogP contribution < -0.4 is 5.32 Å². The van der Waals surface area contributed by atoms with E-state index in [1.165, 1.54) is 23.5 Å². The van der Waals surface area contributed by atoms with Crippen molar-refractivity contribution in [1.82, 2.24) is 10.2 Å². The normalized spacial score (nSPS) is 21.7. The summed E-state index contributed by atoms with van der Waals surface area (Å²) in [5, 5.41) is 4.76. The summed E-state index contributed by atoms with van der Waals surface area (Å²) < 4.78 is 41.0. The van der Waals surface area contributed by atoms with Crippen LogP contribution in [0.2, 0.25) is 0 Å². The predicted molar refractivity (Wildman–Crippen MR) is 97.1 cm³/mol. The second-order valence-electron chi connectivity index (χ2n) is 6.96. The Morgan fingerprint density at radius 2 is 1.77 bits per heavy atom. The third-order valence-corrected chi connectivity index (χ3v) is 6.22. The standard InChI is InChI=1S/C19H17F3N2OS/c1-18(9-17(25)24(2)10-23-18)11-3-5-15-13(7-11)14-8-12(19(20,21)22)4-6-16(14)26-15/h3-8,23H,9-10H2,1-2H3. The van der Waals surface area contributed by atoms with Gasteiger partial charge in [-0.3, -0.25) is 10.1 Å². The van der Waals surface area contributed by atoms with Gasteiger partial charge in [-0.15, -0.1) is 11.3 Å². The minimum absolute atomic E-state index is 0.0425. The van der Waals surface area contributed by atoms with Crippen molar-refractivity contribution in [2.24, 2.45) is 0 Å². The summed E-state index contributed by atoms with van der Waals surface area (Å²) in [5.74, 6) is 0.0425. The lowest BCUT2D eigenvalue weighted by molar-refractivity contribution is -0.137. The molecule has 1 aliphatic heterocycles. The van der Waals surface area contributed by atoms with Gasteiger partial charge in [-0.05, 0) is 42.8 Å². The second-order valence-corrected chi connectivity index (χ2v) is 8.04. The zero-order chi connectivity index (χ0) is 18.7. The van der Waals surface area contributed by atoms with E-state index in [9.17, 15) is 18.0 Å². The molecule has 1 saturated heterocycles. The molecular weight excluding hydrogens is 361 g/mol. The molecule has 1 amide bonds. The molecule has 1 N–H and O–H groups in total. The molecule has 0 radical (unpaired) electrons. The van der Waals surface area contributed by atoms with E-state index in [2.05, 4.69) is 5.32 Å². The lowest BCUT2D eigenvalue weighted by Gasteiger charge is -2.39. The highest BCUT2D eigenvalue weighted by Crippen LogP contribution is 2.40. The molecule has 3 aromatic rings. The summed E-state index contributed by atoms with van der Waals surface area (Å²) in [7, 11) is 1.74. The molecule has 3 nitrogen and oxygen atoms in total. The van der Waals surface area contributed by atoms with E-state index in [-0.39, 0.29) is 5.91 Å². The number of carbonyl (C=O) groups excluding carboxylic acids is 1. The number of amides is 1. The van der Waals surface area contributed by atoms with Crippen molar-refractivity contribution in [1.29, 1.82) is 0 Å². The zero-order valence-electron chi connectivity index (χ0n) is 14.3. The summed E-state index contributed by atoms with van der Waals surface area (Å²) in [6.07, 6.45) is -4.06. The predicted octanol–water partition coefficient (Wildman–Crippen LogP) is 4.70. The number of carbonyl (C=O) groups is 1. The fourth-order valence-electron chi connectivity index (χ4n) is 3.38. The average Bonchev–Trinajstić information content (AvgIpc) is 2.95. The minimum atomic E-state index is -4.37. The Morgan fingerprint density at radius 3 is 2.42 bits per heavy atom. The number of hydrogen-bond acceptors (Lipinski definition) is 3. The van der Waals surface area contributed by atoms with Crippen LogP contribution in [0.5, 0.6) is 0 Å². The van der Waals surface area contributed by atoms with E-state index < -0.39 is 17.3 Å². The van der Waals surface area contributed by atoms with E-state index in [4.69, 9.17) is 0 Å². The van der Waals surface area contributed by atoms with Crippen LogP contribution in [0.25, 0.3) is 20.2 Å². The first-order chi connectivity index (χ1) is 12.2. The van der Waals surface area contributed by atoms with Crippen molar-refractivity contribution in [2.45, 2.75) is 25.1 Å². The quantitative estimate of drug-likeness (QED) is 0.666. The lowest BCUT2D eigenvalue weighted by atomic mass is 9.86. The molecule has 1 aromatic heterocycles. The van der Waals surface area contributed by atoms with Gasteiger partial charge in [-0.1, -0.05) is 6.07 Å². The highest BCUT2D eigenvalue weighted by atomic mass is 32.1. The Morgan fingerprint density at radius 1 is 1.12 bits per heavy atom. The maximum Gasteiger partial charge on any atom is 0.416 e. The van der Waals surface area contributed by atoms with Gasteiger partial charge < -0.3 is 4.90 Å². The Hall–Kier alpha value is -2.12. The highest BCUT2D eigenvalue weighted by molar-refractivity contribution is 7.25. The Balaban J connectivity index is 1.86. The molecule has 1 fully saturated rings. The first-order valence-corrected chi connectivity index (χ1v) is 9.02. The number of halogens is 3. The van der Waals surface area contributed by atoms with Crippen molar-refractivity contribution in [2.75, 3.05) is 13.7 Å². The summed E-state index contributed by atoms with van der Waals surface area (Å²) in [6, 6.07) is 9.67. The molecule has 1 aliphatic rings. The van der Waals surface area contributed by atoms with Crippen molar-refractivity contribution >= 4 is 37.4 Å². The van der Waals surface area contributed by atoms with E-state index >= 15 is 0 Å². The van der Waals surface area contributed by atoms with Crippen molar-refractivity contribution in [3.8, 4) is 0 Å². The first-order valence-electron chi connectivity index (χ1n) is 8.20. The molecule has 0 spiro atoms. The number of alkyl halides is 3. The van der Waals surface area contributed by atoms with Gasteiger partial charge in [0.2, 0.25) is 5.91 Å². The Bertz CT molecular complexity index is 1030. The van der Waals surface area contributed by atoms with E-state index in [0.29, 0.717) is 18.5 Å². The molecule has 26 heavy (non-hydrogen) atoms. The van der Waals surface area contributed by atoms with Crippen LogP contribution in [0.4, 0.5) is 13.2 Å². The van der Waals surface area contributed by atoms with Gasteiger partial charge in [0.1, 0.15) is 0 Å². The smallest absolute Gasteiger partial charge is 0.333 e. The number of nitrogens with zero attached hydrogens (tertiary/aromatic N) is 1. The van der Waals surface area contributed by atoms with Gasteiger partial charge in [0.05, 0.1) is 17.8 Å². The SMILES string of the molecule is CN1CNC(C)(c2ccc3sc4ccc(C(F)(F)F)cc4c3c2)CC1=O. The first kappa shape index (κ1) is 17.3. The number of fused-ring (bicyclic) bond motifs is 3. The summed E-state index contributed by atoms with van der Waals surface area (Å²) >= 11 is 1.47. The molecule has 136 valence electrons. The van der Waals surface area contributed by atoms with Crippen molar-refractivity contribution in [3.63, 3.8) is 0 Å². The maximum atomic E-state index is 13.1. The maximum absolute atomic E-state index is 13.1. The third-order valence-electron chi connectivity index (χ3n) is 5.07. The molecule has 0 aliphatic carbocycles. The van der Waals surface area contributed by atoms with Gasteiger partial charge in [0.25, 0.3) is 0 Å². The van der Waals surface area contributed by atoms with E-state index in [0.717, 1.165) is 26.4 Å². The Labute approximate surface area is 152 Å². The van der Waals surface area contributed by atoms with Gasteiger partial charge in [0, 0.05) is 33.6 Å². The summed E-state index contributed by atoms with van der Waals surface area (Å²) in [4.78, 5) is 13.7. The van der Waals surface area contributed by atoms with Gasteiger partial charge in [-0.2, -0.15) is 13.2 Å². The highest BCUT2D eigenvalue weighted by Gasteiger charge is 2.35. The number of hydrogen-bond donors (Lipinski definition) is 1. The zero-order valence-corrected chi connectivity index (χ0v) is 15.1. The number of rotatable bonds is 1. The Kier molecular flexibility index (Phi) is 3.79. The minimum Gasteiger partial charge on any atom is -0.333 e. The monoisotopic (exact) mass is 378 g/mol. The van der Waals surface area contributed by atoms with Crippen LogP contribution in [-0.4, -0.2) is 24.5 Å². The molecule has 7 heteroatoms. The van der Waals surface area contributed by atoms with Crippen LogP contribution in [0.15, 0.2) is 36.4 Å². The van der Waals surface area contributed by atoms with Crippen molar-refractivity contribution < 1.29 is 18.0 Å². The topological polar surface area (TPSA) is 32.3 Å². The average molecular weight is 378 g/mol. The molecule has 1 atom stereocenters. The molecule has 0 saturated carbocycles. The fraction of sp³-hybridized carbons (Fsp3) is 0.316. The van der Waals surface area contributed by atoms with E-state index in [1.807, 2.05) is 25.1 Å². The molecule has 4 rings (SSSR count). The second kappa shape index (κ2) is 5.69. The lowest BCUT2D eigenvalue weighted by Crippen LogP contribution is -2.54. The van der Waals surface area contributed by atoms with Crippen LogP contribution >= 0.6 is 11.3 Å². The van der Waals surface area contributed by atoms with Gasteiger partial charge in [0.15, 0.2) is 0 Å². The van der Waals surface area contributed by atoms with E-state index in [1.54, 1.807) is 11.9 Å². The largest absolute Gasteiger partial charge is 0.416 e. The number of benzene rings is 2.